The highest BCUT2D eigenvalue weighted by atomic mass is 16.6. The normalized spacial score (nSPS) is 27.9. The van der Waals surface area contributed by atoms with Gasteiger partial charge in [0, 0.05) is 0 Å². The number of benzene rings is 1. The van der Waals surface area contributed by atoms with Gasteiger partial charge in [-0.3, -0.25) is 0 Å². The highest BCUT2D eigenvalue weighted by Crippen LogP contribution is 2.48. The van der Waals surface area contributed by atoms with Crippen LogP contribution in [-0.4, -0.2) is 40.6 Å². The molecule has 2 saturated carbocycles. The van der Waals surface area contributed by atoms with Crippen molar-refractivity contribution < 1.29 is 24.5 Å². The summed E-state index contributed by atoms with van der Waals surface area (Å²) in [6, 6.07) is 6.17. The van der Waals surface area contributed by atoms with E-state index in [9.17, 15) is 15.0 Å². The van der Waals surface area contributed by atoms with Gasteiger partial charge in [0.1, 0.15) is 11.4 Å². The van der Waals surface area contributed by atoms with Crippen molar-refractivity contribution in [3.63, 3.8) is 0 Å². The van der Waals surface area contributed by atoms with Crippen molar-refractivity contribution in [3.05, 3.63) is 29.3 Å². The van der Waals surface area contributed by atoms with Crippen molar-refractivity contribution in [1.82, 2.24) is 0 Å². The first kappa shape index (κ1) is 28.4. The van der Waals surface area contributed by atoms with Gasteiger partial charge in [-0.25, -0.2) is 4.79 Å². The van der Waals surface area contributed by atoms with Crippen LogP contribution in [0.4, 0.5) is 0 Å². The Hall–Kier alpha value is -1.59. The minimum atomic E-state index is -0.372. The van der Waals surface area contributed by atoms with Crippen molar-refractivity contribution in [1.29, 1.82) is 0 Å². The third-order valence-corrected chi connectivity index (χ3v) is 9.44. The summed E-state index contributed by atoms with van der Waals surface area (Å²) in [5.74, 6) is 1.64. The van der Waals surface area contributed by atoms with Crippen molar-refractivity contribution >= 4 is 5.97 Å². The number of aliphatic hydroxyl groups is 2. The van der Waals surface area contributed by atoms with E-state index in [1.165, 1.54) is 43.2 Å². The van der Waals surface area contributed by atoms with Crippen molar-refractivity contribution in [2.75, 3.05) is 6.61 Å². The molecule has 0 heterocycles. The molecular formula is C32H50O5. The molecule has 5 heteroatoms. The Labute approximate surface area is 224 Å². The fourth-order valence-corrected chi connectivity index (χ4v) is 7.29. The number of aliphatic hydroxyl groups excluding tert-OH is 2. The van der Waals surface area contributed by atoms with Crippen LogP contribution in [0.5, 0.6) is 5.75 Å². The molecule has 208 valence electrons. The van der Waals surface area contributed by atoms with Crippen LogP contribution in [0.1, 0.15) is 115 Å². The molecule has 2 N–H and O–H groups in total. The number of carbonyl (C=O) groups is 1. The maximum Gasteiger partial charge on any atom is 0.344 e. The predicted molar refractivity (Wildman–Crippen MR) is 147 cm³/mol. The monoisotopic (exact) mass is 514 g/mol. The summed E-state index contributed by atoms with van der Waals surface area (Å²) in [5, 5.41) is 21.3. The summed E-state index contributed by atoms with van der Waals surface area (Å²) < 4.78 is 12.0. The van der Waals surface area contributed by atoms with E-state index >= 15 is 0 Å². The maximum atomic E-state index is 12.7. The number of hydrogen-bond acceptors (Lipinski definition) is 5. The van der Waals surface area contributed by atoms with Gasteiger partial charge in [-0.2, -0.15) is 0 Å². The lowest BCUT2D eigenvalue weighted by Gasteiger charge is -2.33. The lowest BCUT2D eigenvalue weighted by Crippen LogP contribution is -2.34. The highest BCUT2D eigenvalue weighted by Gasteiger charge is 2.45. The van der Waals surface area contributed by atoms with E-state index in [-0.39, 0.29) is 36.3 Å². The molecule has 0 radical (unpaired) electrons. The van der Waals surface area contributed by atoms with Gasteiger partial charge in [0.15, 0.2) is 6.61 Å². The number of unbranched alkanes of at least 4 members (excludes halogenated alkanes) is 2. The zero-order chi connectivity index (χ0) is 26.3. The summed E-state index contributed by atoms with van der Waals surface area (Å²) in [5.41, 5.74) is 2.10. The number of fused-ring (bicyclic) bond motifs is 2. The zero-order valence-corrected chi connectivity index (χ0v) is 23.3. The molecule has 3 aliphatic rings. The van der Waals surface area contributed by atoms with Gasteiger partial charge >= 0.3 is 5.97 Å². The van der Waals surface area contributed by atoms with E-state index in [4.69, 9.17) is 9.47 Å². The quantitative estimate of drug-likeness (QED) is 0.259. The summed E-state index contributed by atoms with van der Waals surface area (Å²) in [7, 11) is 0. The minimum absolute atomic E-state index is 0.0543. The number of ether oxygens (including phenoxy) is 2. The van der Waals surface area contributed by atoms with Crippen LogP contribution in [0.2, 0.25) is 0 Å². The zero-order valence-electron chi connectivity index (χ0n) is 23.3. The van der Waals surface area contributed by atoms with Gasteiger partial charge in [-0.1, -0.05) is 57.6 Å². The van der Waals surface area contributed by atoms with E-state index in [0.29, 0.717) is 11.8 Å². The SMILES string of the molecule is CCCCC[C@H](O)CC[C@@H]1[C@H]2Cc3cccc(OCC(=O)OC4(C)CCCCCCC4)c3C[C@H]2C[C@H]1O. The first-order valence-electron chi connectivity index (χ1n) is 15.2. The first-order chi connectivity index (χ1) is 17.9. The van der Waals surface area contributed by atoms with Crippen LogP contribution in [0.3, 0.4) is 0 Å². The lowest BCUT2D eigenvalue weighted by molar-refractivity contribution is -0.162. The fraction of sp³-hybridized carbons (Fsp3) is 0.781. The van der Waals surface area contributed by atoms with Crippen LogP contribution in [0, 0.1) is 17.8 Å². The first-order valence-corrected chi connectivity index (χ1v) is 15.2. The van der Waals surface area contributed by atoms with E-state index in [1.807, 2.05) is 12.1 Å². The van der Waals surface area contributed by atoms with Crippen LogP contribution < -0.4 is 4.74 Å². The van der Waals surface area contributed by atoms with Crippen molar-refractivity contribution in [2.24, 2.45) is 17.8 Å². The second-order valence-electron chi connectivity index (χ2n) is 12.4. The Kier molecular flexibility index (Phi) is 10.3. The summed E-state index contributed by atoms with van der Waals surface area (Å²) in [6.07, 6.45) is 15.9. The minimum Gasteiger partial charge on any atom is -0.482 e. The Morgan fingerprint density at radius 2 is 1.84 bits per heavy atom. The highest BCUT2D eigenvalue weighted by molar-refractivity contribution is 5.71. The average molecular weight is 515 g/mol. The molecule has 5 nitrogen and oxygen atoms in total. The maximum absolute atomic E-state index is 12.7. The van der Waals surface area contributed by atoms with Gasteiger partial charge in [0.25, 0.3) is 0 Å². The Balaban J connectivity index is 1.32. The molecule has 0 spiro atoms. The Morgan fingerprint density at radius 3 is 2.59 bits per heavy atom. The van der Waals surface area contributed by atoms with E-state index in [2.05, 4.69) is 19.9 Å². The molecule has 1 aromatic rings. The van der Waals surface area contributed by atoms with Gasteiger partial charge < -0.3 is 19.7 Å². The van der Waals surface area contributed by atoms with Crippen molar-refractivity contribution in [2.45, 2.75) is 134 Å². The Morgan fingerprint density at radius 1 is 1.08 bits per heavy atom. The van der Waals surface area contributed by atoms with Crippen LogP contribution in [-0.2, 0) is 22.4 Å². The molecule has 0 saturated heterocycles. The largest absolute Gasteiger partial charge is 0.482 e. The third kappa shape index (κ3) is 7.72. The molecule has 3 aliphatic carbocycles. The fourth-order valence-electron chi connectivity index (χ4n) is 7.29. The number of hydrogen-bond donors (Lipinski definition) is 2. The molecule has 5 atom stereocenters. The predicted octanol–water partition coefficient (Wildman–Crippen LogP) is 6.54. The van der Waals surface area contributed by atoms with Gasteiger partial charge in [0.05, 0.1) is 12.2 Å². The van der Waals surface area contributed by atoms with Gasteiger partial charge in [-0.15, -0.1) is 0 Å². The average Bonchev–Trinajstić information content (AvgIpc) is 3.16. The second-order valence-corrected chi connectivity index (χ2v) is 12.4. The Bertz CT molecular complexity index is 859. The molecule has 0 aromatic heterocycles. The summed E-state index contributed by atoms with van der Waals surface area (Å²) >= 11 is 0. The molecule has 37 heavy (non-hydrogen) atoms. The van der Waals surface area contributed by atoms with Gasteiger partial charge in [0.2, 0.25) is 0 Å². The molecular weight excluding hydrogens is 464 g/mol. The molecule has 0 aliphatic heterocycles. The van der Waals surface area contributed by atoms with Crippen LogP contribution in [0.15, 0.2) is 18.2 Å². The van der Waals surface area contributed by atoms with E-state index < -0.39 is 0 Å². The summed E-state index contributed by atoms with van der Waals surface area (Å²) in [6.45, 7) is 4.21. The van der Waals surface area contributed by atoms with Gasteiger partial charge in [-0.05, 0) is 106 Å². The third-order valence-electron chi connectivity index (χ3n) is 9.44. The second kappa shape index (κ2) is 13.5. The van der Waals surface area contributed by atoms with Crippen LogP contribution in [0.25, 0.3) is 0 Å². The molecule has 0 bridgehead atoms. The number of carbonyl (C=O) groups excluding carboxylic acids is 1. The number of rotatable bonds is 11. The standard InChI is InChI=1S/C32H50O5/c1-3-4-8-13-25(33)15-16-26-27-19-23-12-11-14-30(28(23)20-24(27)21-29(26)34)36-22-31(35)37-32(2)17-9-6-5-7-10-18-32/h11-12,14,24-27,29,33-34H,3-10,13,15-22H2,1-2H3/t24-,25-,26+,27-,29+/m0/s1. The van der Waals surface area contributed by atoms with E-state index in [0.717, 1.165) is 76.4 Å². The lowest BCUT2D eigenvalue weighted by atomic mass is 9.73. The van der Waals surface area contributed by atoms with Crippen LogP contribution >= 0.6 is 0 Å². The number of esters is 1. The summed E-state index contributed by atoms with van der Waals surface area (Å²) in [4.78, 5) is 12.7. The molecule has 2 fully saturated rings. The topological polar surface area (TPSA) is 76.0 Å². The molecule has 0 unspecified atom stereocenters. The molecule has 1 aromatic carbocycles. The smallest absolute Gasteiger partial charge is 0.344 e. The van der Waals surface area contributed by atoms with E-state index in [1.54, 1.807) is 0 Å². The molecule has 0 amide bonds. The van der Waals surface area contributed by atoms with Crippen molar-refractivity contribution in [3.8, 4) is 5.75 Å². The molecule has 4 rings (SSSR count).